The fourth-order valence-corrected chi connectivity index (χ4v) is 3.46. The SMILES string of the molecule is Cc1cccc(=O)n1CCCNC(=O)c1ccc(CN2CCC(C)CC2)o1. The van der Waals surface area contributed by atoms with Crippen LogP contribution < -0.4 is 10.9 Å². The molecule has 0 bridgehead atoms. The summed E-state index contributed by atoms with van der Waals surface area (Å²) >= 11 is 0. The highest BCUT2D eigenvalue weighted by molar-refractivity contribution is 5.91. The number of amides is 1. The van der Waals surface area contributed by atoms with Crippen molar-refractivity contribution in [1.29, 1.82) is 0 Å². The highest BCUT2D eigenvalue weighted by Gasteiger charge is 2.18. The van der Waals surface area contributed by atoms with Gasteiger partial charge in [-0.1, -0.05) is 13.0 Å². The predicted molar refractivity (Wildman–Crippen MR) is 105 cm³/mol. The van der Waals surface area contributed by atoms with E-state index in [0.717, 1.165) is 37.0 Å². The van der Waals surface area contributed by atoms with Crippen molar-refractivity contribution in [3.63, 3.8) is 0 Å². The third-order valence-corrected chi connectivity index (χ3v) is 5.25. The van der Waals surface area contributed by atoms with E-state index < -0.39 is 0 Å². The van der Waals surface area contributed by atoms with Crippen molar-refractivity contribution in [3.8, 4) is 0 Å². The van der Waals surface area contributed by atoms with Gasteiger partial charge in [-0.25, -0.2) is 0 Å². The Hall–Kier alpha value is -2.34. The van der Waals surface area contributed by atoms with Crippen molar-refractivity contribution in [3.05, 3.63) is 57.9 Å². The Labute approximate surface area is 160 Å². The van der Waals surface area contributed by atoms with Crippen LogP contribution in [0.3, 0.4) is 0 Å². The molecule has 1 N–H and O–H groups in total. The summed E-state index contributed by atoms with van der Waals surface area (Å²) in [5, 5.41) is 2.87. The van der Waals surface area contributed by atoms with Crippen molar-refractivity contribution in [1.82, 2.24) is 14.8 Å². The Morgan fingerprint density at radius 1 is 1.22 bits per heavy atom. The number of nitrogens with zero attached hydrogens (tertiary/aromatic N) is 2. The van der Waals surface area contributed by atoms with Crippen LogP contribution in [0.1, 0.15) is 48.2 Å². The first-order valence-corrected chi connectivity index (χ1v) is 9.78. The second kappa shape index (κ2) is 9.04. The largest absolute Gasteiger partial charge is 0.455 e. The predicted octanol–water partition coefficient (Wildman–Crippen LogP) is 2.80. The van der Waals surface area contributed by atoms with Crippen LogP contribution in [0.2, 0.25) is 0 Å². The Kier molecular flexibility index (Phi) is 6.50. The monoisotopic (exact) mass is 371 g/mol. The van der Waals surface area contributed by atoms with E-state index in [1.165, 1.54) is 12.8 Å². The van der Waals surface area contributed by atoms with E-state index in [4.69, 9.17) is 4.42 Å². The van der Waals surface area contributed by atoms with Crippen LogP contribution in [0.5, 0.6) is 0 Å². The Bertz CT molecular complexity index is 816. The first-order chi connectivity index (χ1) is 13.0. The fourth-order valence-electron chi connectivity index (χ4n) is 3.46. The van der Waals surface area contributed by atoms with Gasteiger partial charge in [0.25, 0.3) is 11.5 Å². The van der Waals surface area contributed by atoms with Gasteiger partial charge in [0.1, 0.15) is 5.76 Å². The molecule has 1 amide bonds. The lowest BCUT2D eigenvalue weighted by molar-refractivity contribution is 0.0919. The lowest BCUT2D eigenvalue weighted by Gasteiger charge is -2.29. The molecule has 0 unspecified atom stereocenters. The zero-order chi connectivity index (χ0) is 19.2. The molecule has 27 heavy (non-hydrogen) atoms. The van der Waals surface area contributed by atoms with Crippen molar-refractivity contribution >= 4 is 5.91 Å². The lowest BCUT2D eigenvalue weighted by atomic mass is 9.99. The minimum atomic E-state index is -0.203. The maximum Gasteiger partial charge on any atom is 0.286 e. The normalized spacial score (nSPS) is 15.8. The van der Waals surface area contributed by atoms with Crippen molar-refractivity contribution in [2.75, 3.05) is 19.6 Å². The number of nitrogens with one attached hydrogen (secondary N) is 1. The molecule has 0 aromatic carbocycles. The van der Waals surface area contributed by atoms with E-state index in [9.17, 15) is 9.59 Å². The molecule has 0 spiro atoms. The number of rotatable bonds is 7. The Morgan fingerprint density at radius 3 is 2.74 bits per heavy atom. The molecule has 0 aliphatic carbocycles. The summed E-state index contributed by atoms with van der Waals surface area (Å²) in [6.45, 7) is 8.22. The van der Waals surface area contributed by atoms with Gasteiger partial charge in [-0.2, -0.15) is 0 Å². The van der Waals surface area contributed by atoms with Gasteiger partial charge in [0, 0.05) is 24.8 Å². The summed E-state index contributed by atoms with van der Waals surface area (Å²) in [6, 6.07) is 8.85. The molecule has 0 atom stereocenters. The first kappa shape index (κ1) is 19.4. The second-order valence-corrected chi connectivity index (χ2v) is 7.49. The minimum absolute atomic E-state index is 0.0101. The van der Waals surface area contributed by atoms with Gasteiger partial charge >= 0.3 is 0 Å². The quantitative estimate of drug-likeness (QED) is 0.760. The third kappa shape index (κ3) is 5.32. The zero-order valence-corrected chi connectivity index (χ0v) is 16.2. The molecular formula is C21H29N3O3. The number of hydrogen-bond donors (Lipinski definition) is 1. The number of piperidine rings is 1. The summed E-state index contributed by atoms with van der Waals surface area (Å²) in [7, 11) is 0. The summed E-state index contributed by atoms with van der Waals surface area (Å²) in [6.07, 6.45) is 3.13. The molecule has 0 radical (unpaired) electrons. The lowest BCUT2D eigenvalue weighted by Crippen LogP contribution is -2.32. The number of carbonyl (C=O) groups is 1. The molecule has 0 saturated carbocycles. The number of hydrogen-bond acceptors (Lipinski definition) is 4. The van der Waals surface area contributed by atoms with Crippen LogP contribution in [0.4, 0.5) is 0 Å². The van der Waals surface area contributed by atoms with Crippen LogP contribution in [0, 0.1) is 12.8 Å². The first-order valence-electron chi connectivity index (χ1n) is 9.78. The van der Waals surface area contributed by atoms with Crippen LogP contribution in [0.25, 0.3) is 0 Å². The molecule has 1 aliphatic heterocycles. The minimum Gasteiger partial charge on any atom is -0.455 e. The molecule has 3 rings (SSSR count). The van der Waals surface area contributed by atoms with Gasteiger partial charge in [-0.05, 0) is 63.4 Å². The maximum absolute atomic E-state index is 12.3. The fraction of sp³-hybridized carbons (Fsp3) is 0.524. The van der Waals surface area contributed by atoms with E-state index in [1.807, 2.05) is 19.1 Å². The molecule has 1 aliphatic rings. The molecule has 1 saturated heterocycles. The Morgan fingerprint density at radius 2 is 2.00 bits per heavy atom. The van der Waals surface area contributed by atoms with Gasteiger partial charge in [-0.3, -0.25) is 14.5 Å². The number of aromatic nitrogens is 1. The van der Waals surface area contributed by atoms with Gasteiger partial charge in [0.05, 0.1) is 6.54 Å². The molecule has 6 heteroatoms. The molecule has 146 valence electrons. The van der Waals surface area contributed by atoms with Crippen LogP contribution in [-0.2, 0) is 13.1 Å². The average molecular weight is 371 g/mol. The maximum atomic E-state index is 12.3. The molecule has 6 nitrogen and oxygen atoms in total. The average Bonchev–Trinajstić information content (AvgIpc) is 3.11. The van der Waals surface area contributed by atoms with E-state index >= 15 is 0 Å². The summed E-state index contributed by atoms with van der Waals surface area (Å²) in [5.41, 5.74) is 0.917. The van der Waals surface area contributed by atoms with E-state index in [-0.39, 0.29) is 11.5 Å². The molecule has 3 heterocycles. The summed E-state index contributed by atoms with van der Waals surface area (Å²) in [4.78, 5) is 26.5. The van der Waals surface area contributed by atoms with Gasteiger partial charge in [0.2, 0.25) is 0 Å². The van der Waals surface area contributed by atoms with Crippen molar-refractivity contribution in [2.24, 2.45) is 5.92 Å². The smallest absolute Gasteiger partial charge is 0.286 e. The standard InChI is InChI=1S/C21H29N3O3/c1-16-9-13-23(14-10-16)15-18-7-8-19(27-18)21(26)22-11-4-12-24-17(2)5-3-6-20(24)25/h3,5-8,16H,4,9-15H2,1-2H3,(H,22,26). The van der Waals surface area contributed by atoms with Gasteiger partial charge < -0.3 is 14.3 Å². The summed E-state index contributed by atoms with van der Waals surface area (Å²) < 4.78 is 7.44. The van der Waals surface area contributed by atoms with Crippen molar-refractivity contribution < 1.29 is 9.21 Å². The molecule has 2 aromatic heterocycles. The second-order valence-electron chi connectivity index (χ2n) is 7.49. The van der Waals surface area contributed by atoms with Gasteiger partial charge in [0.15, 0.2) is 5.76 Å². The topological polar surface area (TPSA) is 67.5 Å². The number of aryl methyl sites for hydroxylation is 1. The number of pyridine rings is 1. The van der Waals surface area contributed by atoms with Crippen molar-refractivity contribution in [2.45, 2.75) is 46.2 Å². The number of likely N-dealkylation sites (tertiary alicyclic amines) is 1. The third-order valence-electron chi connectivity index (χ3n) is 5.25. The number of furan rings is 1. The van der Waals surface area contributed by atoms with E-state index in [1.54, 1.807) is 22.8 Å². The summed E-state index contributed by atoms with van der Waals surface area (Å²) in [5.74, 6) is 1.78. The Balaban J connectivity index is 1.43. The highest BCUT2D eigenvalue weighted by atomic mass is 16.4. The van der Waals surface area contributed by atoms with Crippen LogP contribution >= 0.6 is 0 Å². The van der Waals surface area contributed by atoms with Crippen LogP contribution in [0.15, 0.2) is 39.5 Å². The van der Waals surface area contributed by atoms with Gasteiger partial charge in [-0.15, -0.1) is 0 Å². The zero-order valence-electron chi connectivity index (χ0n) is 16.2. The molecular weight excluding hydrogens is 342 g/mol. The van der Waals surface area contributed by atoms with Crippen LogP contribution in [-0.4, -0.2) is 35.0 Å². The molecule has 2 aromatic rings. The van der Waals surface area contributed by atoms with E-state index in [0.29, 0.717) is 25.3 Å². The van der Waals surface area contributed by atoms with E-state index in [2.05, 4.69) is 17.1 Å². The number of carbonyl (C=O) groups excluding carboxylic acids is 1. The molecule has 1 fully saturated rings. The highest BCUT2D eigenvalue weighted by Crippen LogP contribution is 2.19.